The molecule has 1 N–H and O–H groups in total. The van der Waals surface area contributed by atoms with Crippen LogP contribution in [-0.4, -0.2) is 18.1 Å². The van der Waals surface area contributed by atoms with Crippen LogP contribution < -0.4 is 0 Å². The van der Waals surface area contributed by atoms with E-state index in [1.807, 2.05) is 27.7 Å². The van der Waals surface area contributed by atoms with Crippen molar-refractivity contribution in [3.63, 3.8) is 0 Å². The standard InChI is InChI=1S/C7H17O4PS/c1-6(7(2,3)4)10-12(8,13)11-9-5/h6H,1-5H3,(H,8,13). The van der Waals surface area contributed by atoms with Gasteiger partial charge in [-0.2, -0.15) is 0 Å². The summed E-state index contributed by atoms with van der Waals surface area (Å²) in [4.78, 5) is 13.7. The Kier molecular flexibility index (Phi) is 5.00. The Morgan fingerprint density at radius 1 is 1.38 bits per heavy atom. The summed E-state index contributed by atoms with van der Waals surface area (Å²) in [7, 11) is 1.28. The van der Waals surface area contributed by atoms with Crippen LogP contribution in [0.2, 0.25) is 0 Å². The first-order chi connectivity index (χ1) is 5.69. The molecule has 2 unspecified atom stereocenters. The van der Waals surface area contributed by atoms with E-state index in [2.05, 4.69) is 21.4 Å². The van der Waals surface area contributed by atoms with Gasteiger partial charge < -0.3 is 9.42 Å². The highest BCUT2D eigenvalue weighted by Gasteiger charge is 2.28. The first kappa shape index (κ1) is 13.5. The summed E-state index contributed by atoms with van der Waals surface area (Å²) >= 11 is 4.68. The van der Waals surface area contributed by atoms with Crippen LogP contribution in [-0.2, 0) is 25.9 Å². The molecular weight excluding hydrogens is 211 g/mol. The van der Waals surface area contributed by atoms with E-state index in [4.69, 9.17) is 4.52 Å². The van der Waals surface area contributed by atoms with Crippen molar-refractivity contribution < 1.29 is 19.0 Å². The summed E-state index contributed by atoms with van der Waals surface area (Å²) in [6.45, 7) is 4.55. The van der Waals surface area contributed by atoms with Crippen LogP contribution in [0.5, 0.6) is 0 Å². The fourth-order valence-corrected chi connectivity index (χ4v) is 1.98. The van der Waals surface area contributed by atoms with Crippen molar-refractivity contribution in [1.29, 1.82) is 0 Å². The predicted octanol–water partition coefficient (Wildman–Crippen LogP) is 2.23. The van der Waals surface area contributed by atoms with Crippen molar-refractivity contribution in [2.45, 2.75) is 33.8 Å². The molecule has 0 spiro atoms. The van der Waals surface area contributed by atoms with E-state index in [1.165, 1.54) is 7.11 Å². The zero-order valence-corrected chi connectivity index (χ0v) is 10.3. The molecule has 0 heterocycles. The molecule has 0 aromatic carbocycles. The summed E-state index contributed by atoms with van der Waals surface area (Å²) in [5.74, 6) is 0. The molecule has 80 valence electrons. The third kappa shape index (κ3) is 5.73. The molecular formula is C7H17O4PS. The van der Waals surface area contributed by atoms with Gasteiger partial charge >= 0.3 is 6.72 Å². The second-order valence-corrected chi connectivity index (χ2v) is 6.50. The van der Waals surface area contributed by atoms with Gasteiger partial charge in [0, 0.05) is 0 Å². The molecule has 0 amide bonds. The maximum absolute atomic E-state index is 9.40. The Labute approximate surface area is 84.4 Å². The zero-order valence-electron chi connectivity index (χ0n) is 8.60. The second kappa shape index (κ2) is 4.82. The van der Waals surface area contributed by atoms with Crippen LogP contribution in [0.15, 0.2) is 0 Å². The molecule has 13 heavy (non-hydrogen) atoms. The Morgan fingerprint density at radius 2 is 1.85 bits per heavy atom. The highest BCUT2D eigenvalue weighted by atomic mass is 32.5. The molecule has 0 aliphatic rings. The van der Waals surface area contributed by atoms with Gasteiger partial charge in [-0.3, -0.25) is 0 Å². The molecule has 0 aromatic heterocycles. The summed E-state index contributed by atoms with van der Waals surface area (Å²) in [5, 5.41) is 0. The SMILES string of the molecule is COOP(O)(=S)OC(C)C(C)(C)C. The number of hydrogen-bond donors (Lipinski definition) is 1. The molecule has 0 aliphatic heterocycles. The van der Waals surface area contributed by atoms with E-state index in [9.17, 15) is 4.89 Å². The monoisotopic (exact) mass is 228 g/mol. The Hall–Kier alpha value is 0.490. The lowest BCUT2D eigenvalue weighted by molar-refractivity contribution is -0.192. The minimum Gasteiger partial charge on any atom is -0.323 e. The molecule has 0 radical (unpaired) electrons. The first-order valence-corrected chi connectivity index (χ1v) is 6.52. The smallest absolute Gasteiger partial charge is 0.323 e. The van der Waals surface area contributed by atoms with Gasteiger partial charge in [0.25, 0.3) is 0 Å². The average molecular weight is 228 g/mol. The fourth-order valence-electron chi connectivity index (χ4n) is 0.470. The highest BCUT2D eigenvalue weighted by molar-refractivity contribution is 8.07. The quantitative estimate of drug-likeness (QED) is 0.454. The van der Waals surface area contributed by atoms with E-state index < -0.39 is 6.72 Å². The molecule has 0 bridgehead atoms. The van der Waals surface area contributed by atoms with Crippen LogP contribution in [0.25, 0.3) is 0 Å². The molecule has 0 saturated carbocycles. The Balaban J connectivity index is 4.20. The molecule has 2 atom stereocenters. The van der Waals surface area contributed by atoms with Crippen molar-refractivity contribution in [3.8, 4) is 0 Å². The average Bonchev–Trinajstić information content (AvgIpc) is 1.83. The maximum Gasteiger partial charge on any atom is 0.353 e. The van der Waals surface area contributed by atoms with Gasteiger partial charge in [0.2, 0.25) is 0 Å². The topological polar surface area (TPSA) is 47.9 Å². The van der Waals surface area contributed by atoms with Gasteiger partial charge in [0.05, 0.1) is 13.2 Å². The molecule has 0 fully saturated rings. The van der Waals surface area contributed by atoms with Crippen molar-refractivity contribution in [2.75, 3.05) is 7.11 Å². The van der Waals surface area contributed by atoms with Gasteiger partial charge in [-0.25, -0.2) is 4.89 Å². The van der Waals surface area contributed by atoms with Gasteiger partial charge in [0.15, 0.2) is 0 Å². The molecule has 0 aromatic rings. The Morgan fingerprint density at radius 3 is 2.15 bits per heavy atom. The van der Waals surface area contributed by atoms with E-state index in [1.54, 1.807) is 0 Å². The zero-order chi connectivity index (χ0) is 10.7. The normalized spacial score (nSPS) is 19.5. The summed E-state index contributed by atoms with van der Waals surface area (Å²) in [6.07, 6.45) is -0.196. The lowest BCUT2D eigenvalue weighted by atomic mass is 9.91. The Bertz CT molecular complexity index is 201. The molecule has 0 rings (SSSR count). The van der Waals surface area contributed by atoms with Crippen LogP contribution in [0.1, 0.15) is 27.7 Å². The van der Waals surface area contributed by atoms with E-state index in [0.29, 0.717) is 0 Å². The second-order valence-electron chi connectivity index (χ2n) is 3.82. The lowest BCUT2D eigenvalue weighted by Gasteiger charge is -2.29. The molecule has 6 heteroatoms. The van der Waals surface area contributed by atoms with Crippen molar-refractivity contribution in [1.82, 2.24) is 0 Å². The summed E-state index contributed by atoms with van der Waals surface area (Å²) in [5.41, 5.74) is -0.0934. The van der Waals surface area contributed by atoms with Gasteiger partial charge in [-0.15, -0.1) is 4.67 Å². The molecule has 4 nitrogen and oxygen atoms in total. The predicted molar refractivity (Wildman–Crippen MR) is 54.6 cm³/mol. The van der Waals surface area contributed by atoms with Crippen LogP contribution in [0.3, 0.4) is 0 Å². The lowest BCUT2D eigenvalue weighted by Crippen LogP contribution is -2.25. The van der Waals surface area contributed by atoms with Crippen molar-refractivity contribution >= 4 is 18.5 Å². The maximum atomic E-state index is 9.40. The van der Waals surface area contributed by atoms with Crippen molar-refractivity contribution in [2.24, 2.45) is 5.41 Å². The van der Waals surface area contributed by atoms with Gasteiger partial charge in [-0.1, -0.05) is 20.8 Å². The van der Waals surface area contributed by atoms with E-state index >= 15 is 0 Å². The summed E-state index contributed by atoms with van der Waals surface area (Å²) < 4.78 is 9.63. The van der Waals surface area contributed by atoms with E-state index in [0.717, 1.165) is 0 Å². The molecule has 0 saturated heterocycles. The number of rotatable bonds is 4. The molecule has 0 aliphatic carbocycles. The largest absolute Gasteiger partial charge is 0.353 e. The number of hydrogen-bond acceptors (Lipinski definition) is 4. The minimum atomic E-state index is -3.23. The summed E-state index contributed by atoms with van der Waals surface area (Å²) in [6, 6.07) is 0. The van der Waals surface area contributed by atoms with Crippen molar-refractivity contribution in [3.05, 3.63) is 0 Å². The highest BCUT2D eigenvalue weighted by Crippen LogP contribution is 2.47. The minimum absolute atomic E-state index is 0.0934. The van der Waals surface area contributed by atoms with Crippen LogP contribution in [0, 0.1) is 5.41 Å². The first-order valence-electron chi connectivity index (χ1n) is 3.92. The van der Waals surface area contributed by atoms with Crippen LogP contribution in [0.4, 0.5) is 0 Å². The van der Waals surface area contributed by atoms with Gasteiger partial charge in [-0.05, 0) is 24.1 Å². The third-order valence-electron chi connectivity index (χ3n) is 1.68. The van der Waals surface area contributed by atoms with Crippen LogP contribution >= 0.6 is 6.72 Å². The van der Waals surface area contributed by atoms with E-state index in [-0.39, 0.29) is 11.5 Å². The third-order valence-corrected chi connectivity index (χ3v) is 3.04. The van der Waals surface area contributed by atoms with Gasteiger partial charge in [0.1, 0.15) is 0 Å². The fraction of sp³-hybridized carbons (Fsp3) is 1.00.